The molecule has 3 heterocycles. The van der Waals surface area contributed by atoms with Crippen molar-refractivity contribution in [2.24, 2.45) is 5.11 Å². The van der Waals surface area contributed by atoms with Gasteiger partial charge in [-0.05, 0) is 28.3 Å². The van der Waals surface area contributed by atoms with Gasteiger partial charge in [0.15, 0.2) is 0 Å². The molecule has 2 aliphatic heterocycles. The highest BCUT2D eigenvalue weighted by Crippen LogP contribution is 2.25. The number of hydrogen-bond acceptors (Lipinski definition) is 7. The van der Waals surface area contributed by atoms with E-state index in [-0.39, 0.29) is 32.2 Å². The van der Waals surface area contributed by atoms with Gasteiger partial charge in [-0.15, -0.1) is 0 Å². The van der Waals surface area contributed by atoms with Crippen LogP contribution in [-0.4, -0.2) is 82.8 Å². The third-order valence-electron chi connectivity index (χ3n) is 8.95. The number of para-hydroxylation sites is 1. The highest BCUT2D eigenvalue weighted by atomic mass is 16.5. The van der Waals surface area contributed by atoms with Gasteiger partial charge in [-0.25, -0.2) is 0 Å². The number of aromatic nitrogens is 1. The molecular weight excluding hydrogens is 640 g/mol. The van der Waals surface area contributed by atoms with E-state index >= 15 is 0 Å². The Kier molecular flexibility index (Phi) is 10.4. The normalized spacial score (nSPS) is 22.6. The summed E-state index contributed by atoms with van der Waals surface area (Å²) in [5, 5.41) is 12.7. The number of hydrogen-bond donors (Lipinski definition) is 4. The van der Waals surface area contributed by atoms with Gasteiger partial charge < -0.3 is 30.6 Å². The minimum atomic E-state index is -1.13. The molecule has 4 aromatic rings. The second kappa shape index (κ2) is 15.4. The van der Waals surface area contributed by atoms with E-state index in [9.17, 15) is 24.0 Å². The van der Waals surface area contributed by atoms with Crippen molar-refractivity contribution in [3.05, 3.63) is 118 Å². The molecule has 1 aromatic heterocycles. The molecule has 0 bridgehead atoms. The van der Waals surface area contributed by atoms with Crippen LogP contribution < -0.4 is 16.0 Å². The Hall–Kier alpha value is -6.14. The average molecular weight is 677 g/mol. The van der Waals surface area contributed by atoms with Crippen LogP contribution >= 0.6 is 0 Å². The number of aromatic amines is 1. The number of H-pyrrole nitrogens is 1. The summed E-state index contributed by atoms with van der Waals surface area (Å²) in [7, 11) is 0. The predicted octanol–water partition coefficient (Wildman–Crippen LogP) is 2.49. The number of rotatable bonds is 9. The van der Waals surface area contributed by atoms with Crippen LogP contribution in [0.1, 0.15) is 23.1 Å². The minimum Gasteiger partial charge on any atom is -0.460 e. The minimum absolute atomic E-state index is 0.0611. The van der Waals surface area contributed by atoms with Crippen molar-refractivity contribution in [1.82, 2.24) is 25.8 Å². The first-order valence-electron chi connectivity index (χ1n) is 16.3. The molecule has 14 heteroatoms. The molecule has 2 aliphatic rings. The highest BCUT2D eigenvalue weighted by molar-refractivity contribution is 5.98. The van der Waals surface area contributed by atoms with Crippen molar-refractivity contribution < 1.29 is 28.7 Å². The molecule has 256 valence electrons. The molecule has 2 saturated heterocycles. The van der Waals surface area contributed by atoms with Crippen LogP contribution in [0.4, 0.5) is 0 Å². The second-order valence-corrected chi connectivity index (χ2v) is 12.4. The number of carbonyl (C=O) groups excluding carboxylic acids is 5. The van der Waals surface area contributed by atoms with Crippen LogP contribution in [0, 0.1) is 0 Å². The highest BCUT2D eigenvalue weighted by Gasteiger charge is 2.45. The summed E-state index contributed by atoms with van der Waals surface area (Å²) in [6.07, 6.45) is 1.15. The Bertz CT molecular complexity index is 1930. The summed E-state index contributed by atoms with van der Waals surface area (Å²) < 4.78 is 5.48. The fraction of sp³-hybridized carbons (Fsp3) is 0.306. The molecule has 2 fully saturated rings. The lowest BCUT2D eigenvalue weighted by atomic mass is 9.99. The van der Waals surface area contributed by atoms with E-state index in [0.29, 0.717) is 0 Å². The molecule has 0 radical (unpaired) electrons. The Balaban J connectivity index is 1.36. The van der Waals surface area contributed by atoms with E-state index in [4.69, 9.17) is 10.3 Å². The van der Waals surface area contributed by atoms with Crippen LogP contribution in [0.5, 0.6) is 0 Å². The van der Waals surface area contributed by atoms with Crippen molar-refractivity contribution in [1.29, 1.82) is 0 Å². The third-order valence-corrected chi connectivity index (χ3v) is 8.95. The number of nitrogens with one attached hydrogen (secondary N) is 4. The Morgan fingerprint density at radius 1 is 0.780 bits per heavy atom. The maximum atomic E-state index is 14.4. The van der Waals surface area contributed by atoms with E-state index in [1.54, 1.807) is 6.20 Å². The Morgan fingerprint density at radius 3 is 2.04 bits per heavy atom. The third kappa shape index (κ3) is 7.93. The zero-order valence-electron chi connectivity index (χ0n) is 27.0. The van der Waals surface area contributed by atoms with Gasteiger partial charge in [0.1, 0.15) is 36.8 Å². The number of fused-ring (bicyclic) bond motifs is 2. The van der Waals surface area contributed by atoms with Gasteiger partial charge in [0.05, 0.1) is 6.54 Å². The molecule has 14 nitrogen and oxygen atoms in total. The molecule has 4 amide bonds. The maximum Gasteiger partial charge on any atom is 0.312 e. The summed E-state index contributed by atoms with van der Waals surface area (Å²) >= 11 is 0. The summed E-state index contributed by atoms with van der Waals surface area (Å²) in [6.45, 7) is -0.698. The number of nitrogens with zero attached hydrogens (tertiary/aromatic N) is 4. The molecule has 0 unspecified atom stereocenters. The first kappa shape index (κ1) is 33.7. The van der Waals surface area contributed by atoms with E-state index in [2.05, 4.69) is 31.0 Å². The number of esters is 1. The van der Waals surface area contributed by atoms with Crippen LogP contribution in [0.25, 0.3) is 21.3 Å². The number of amides is 4. The largest absolute Gasteiger partial charge is 0.460 e. The molecule has 5 atom stereocenters. The van der Waals surface area contributed by atoms with Crippen LogP contribution in [0.15, 0.2) is 96.2 Å². The fourth-order valence-electron chi connectivity index (χ4n) is 6.54. The van der Waals surface area contributed by atoms with Gasteiger partial charge in [-0.1, -0.05) is 84.0 Å². The van der Waals surface area contributed by atoms with E-state index in [0.717, 1.165) is 27.6 Å². The van der Waals surface area contributed by atoms with Gasteiger partial charge in [0.2, 0.25) is 23.6 Å². The molecule has 3 aromatic carbocycles. The molecule has 0 aliphatic carbocycles. The summed E-state index contributed by atoms with van der Waals surface area (Å²) in [4.78, 5) is 76.1. The van der Waals surface area contributed by atoms with Crippen molar-refractivity contribution in [3.63, 3.8) is 0 Å². The van der Waals surface area contributed by atoms with E-state index < -0.39 is 66.4 Å². The zero-order chi connectivity index (χ0) is 35.0. The van der Waals surface area contributed by atoms with Crippen LogP contribution in [0.2, 0.25) is 0 Å². The fourth-order valence-corrected chi connectivity index (χ4v) is 6.54. The van der Waals surface area contributed by atoms with Gasteiger partial charge in [0, 0.05) is 47.7 Å². The maximum absolute atomic E-state index is 14.4. The topological polar surface area (TPSA) is 198 Å². The first-order valence-corrected chi connectivity index (χ1v) is 16.3. The predicted molar refractivity (Wildman–Crippen MR) is 182 cm³/mol. The van der Waals surface area contributed by atoms with Crippen molar-refractivity contribution in [2.45, 2.75) is 56.0 Å². The first-order chi connectivity index (χ1) is 24.3. The molecule has 6 rings (SSSR count). The second-order valence-electron chi connectivity index (χ2n) is 12.4. The average Bonchev–Trinajstić information content (AvgIpc) is 3.74. The quantitative estimate of drug-likeness (QED) is 0.0909. The summed E-state index contributed by atoms with van der Waals surface area (Å²) in [5.41, 5.74) is 11.8. The van der Waals surface area contributed by atoms with Crippen LogP contribution in [-0.2, 0) is 48.0 Å². The zero-order valence-corrected chi connectivity index (χ0v) is 27.0. The summed E-state index contributed by atoms with van der Waals surface area (Å²) in [5.74, 6) is -3.11. The van der Waals surface area contributed by atoms with Crippen molar-refractivity contribution >= 4 is 40.5 Å². The molecule has 50 heavy (non-hydrogen) atoms. The van der Waals surface area contributed by atoms with Crippen LogP contribution in [0.3, 0.4) is 0 Å². The number of ether oxygens (including phenoxy) is 1. The molecule has 0 spiro atoms. The number of benzene rings is 3. The lowest BCUT2D eigenvalue weighted by Gasteiger charge is -2.32. The van der Waals surface area contributed by atoms with Crippen molar-refractivity contribution in [2.75, 3.05) is 13.1 Å². The van der Waals surface area contributed by atoms with Gasteiger partial charge in [-0.3, -0.25) is 24.0 Å². The van der Waals surface area contributed by atoms with E-state index in [1.165, 1.54) is 4.90 Å². The Morgan fingerprint density at radius 2 is 1.36 bits per heavy atom. The molecular formula is C36H36N8O6. The lowest BCUT2D eigenvalue weighted by Crippen LogP contribution is -2.62. The van der Waals surface area contributed by atoms with Gasteiger partial charge in [0.25, 0.3) is 0 Å². The lowest BCUT2D eigenvalue weighted by molar-refractivity contribution is -0.147. The molecule has 0 saturated carbocycles. The van der Waals surface area contributed by atoms with Gasteiger partial charge >= 0.3 is 5.97 Å². The monoisotopic (exact) mass is 676 g/mol. The molecule has 4 N–H and O–H groups in total. The number of carbonyl (C=O) groups is 5. The SMILES string of the molecule is [N-]=[N+]=NCC(=O)O[C@@H]1C[C@@H]2C(=O)N[C@@H](Cc3ccccc3)C(=O)N[C@H](Cc3c[nH]c4ccccc34)C(=O)N[C@@H](Cc3ccccc3)C(=O)N2C1. The smallest absolute Gasteiger partial charge is 0.312 e. The Labute approximate surface area is 287 Å². The van der Waals surface area contributed by atoms with E-state index in [1.807, 2.05) is 84.9 Å². The number of azide groups is 1. The summed E-state index contributed by atoms with van der Waals surface area (Å²) in [6, 6.07) is 21.4. The standard InChI is InChI=1S/C36H36N8O6/c37-43-39-20-32(45)50-25-18-31-35(48)41-28(15-22-9-3-1-4-10-22)33(46)40-29(17-24-19-38-27-14-8-7-13-26(24)27)34(47)42-30(36(49)44(31)21-25)16-23-11-5-2-6-12-23/h1-14,19,25,28-31,38H,15-18,20-21H2,(H,40,46)(H,41,48)(H,42,47)/t25-,28+,29-,30+,31-/m1/s1. The van der Waals surface area contributed by atoms with Crippen molar-refractivity contribution in [3.8, 4) is 0 Å². The van der Waals surface area contributed by atoms with Gasteiger partial charge in [-0.2, -0.15) is 0 Å².